The van der Waals surface area contributed by atoms with Gasteiger partial charge in [0.15, 0.2) is 0 Å². The number of hydrogen-bond acceptors (Lipinski definition) is 4. The van der Waals surface area contributed by atoms with Crippen LogP contribution in [0.2, 0.25) is 0 Å². The summed E-state index contributed by atoms with van der Waals surface area (Å²) in [6.07, 6.45) is 0.909. The molecule has 0 fully saturated rings. The van der Waals surface area contributed by atoms with Crippen LogP contribution in [-0.4, -0.2) is 29.1 Å². The quantitative estimate of drug-likeness (QED) is 0.754. The Labute approximate surface area is 102 Å². The van der Waals surface area contributed by atoms with Crippen molar-refractivity contribution in [3.05, 3.63) is 23.8 Å². The van der Waals surface area contributed by atoms with E-state index in [9.17, 15) is 8.42 Å². The normalized spacial score (nSPS) is 20.2. The van der Waals surface area contributed by atoms with E-state index in [1.807, 2.05) is 18.0 Å². The molecule has 5 heteroatoms. The molecule has 1 aromatic rings. The average Bonchev–Trinajstić information content (AvgIpc) is 2.27. The first-order chi connectivity index (χ1) is 7.95. The Bertz CT molecular complexity index is 525. The number of fused-ring (bicyclic) bond motifs is 1. The Morgan fingerprint density at radius 3 is 2.76 bits per heavy atom. The number of benzene rings is 1. The molecule has 1 aliphatic rings. The number of rotatable bonds is 2. The van der Waals surface area contributed by atoms with E-state index >= 15 is 0 Å². The number of nitrogens with zero attached hydrogens (tertiary/aromatic N) is 1. The SMILES string of the molecule is COS(=O)(=O)c1cccc2c1N(C)CC(C)C2. The third-order valence-electron chi connectivity index (χ3n) is 3.11. The van der Waals surface area contributed by atoms with E-state index in [2.05, 4.69) is 11.1 Å². The van der Waals surface area contributed by atoms with Crippen LogP contribution in [0.25, 0.3) is 0 Å². The molecule has 0 aliphatic carbocycles. The molecule has 0 aromatic heterocycles. The fraction of sp³-hybridized carbons (Fsp3) is 0.500. The summed E-state index contributed by atoms with van der Waals surface area (Å²) in [7, 11) is -0.517. The summed E-state index contributed by atoms with van der Waals surface area (Å²) in [6, 6.07) is 5.36. The Kier molecular flexibility index (Phi) is 3.14. The molecule has 0 saturated carbocycles. The van der Waals surface area contributed by atoms with Crippen LogP contribution in [0, 0.1) is 5.92 Å². The van der Waals surface area contributed by atoms with Gasteiger partial charge in [0.05, 0.1) is 12.8 Å². The van der Waals surface area contributed by atoms with Gasteiger partial charge in [0.2, 0.25) is 0 Å². The van der Waals surface area contributed by atoms with Gasteiger partial charge < -0.3 is 4.90 Å². The minimum atomic E-state index is -3.63. The van der Waals surface area contributed by atoms with Gasteiger partial charge in [0.25, 0.3) is 10.1 Å². The van der Waals surface area contributed by atoms with E-state index in [1.165, 1.54) is 7.11 Å². The van der Waals surface area contributed by atoms with Crippen molar-refractivity contribution in [2.24, 2.45) is 5.92 Å². The summed E-state index contributed by atoms with van der Waals surface area (Å²) in [4.78, 5) is 2.27. The molecule has 0 N–H and O–H groups in total. The fourth-order valence-electron chi connectivity index (χ4n) is 2.46. The maximum absolute atomic E-state index is 11.9. The summed E-state index contributed by atoms with van der Waals surface area (Å²) in [5.41, 5.74) is 1.86. The molecule has 1 heterocycles. The largest absolute Gasteiger partial charge is 0.373 e. The zero-order valence-electron chi connectivity index (χ0n) is 10.3. The van der Waals surface area contributed by atoms with Crippen molar-refractivity contribution in [1.29, 1.82) is 0 Å². The van der Waals surface area contributed by atoms with E-state index in [1.54, 1.807) is 12.1 Å². The van der Waals surface area contributed by atoms with Gasteiger partial charge in [0.1, 0.15) is 4.90 Å². The zero-order chi connectivity index (χ0) is 12.6. The standard InChI is InChI=1S/C12H17NO3S/c1-9-7-10-5-4-6-11(17(14,15)16-3)12(10)13(2)8-9/h4-6,9H,7-8H2,1-3H3. The number of para-hydroxylation sites is 1. The topological polar surface area (TPSA) is 46.6 Å². The van der Waals surface area contributed by atoms with Crippen molar-refractivity contribution in [1.82, 2.24) is 0 Å². The van der Waals surface area contributed by atoms with Crippen molar-refractivity contribution in [2.45, 2.75) is 18.2 Å². The number of anilines is 1. The van der Waals surface area contributed by atoms with Crippen molar-refractivity contribution < 1.29 is 12.6 Å². The average molecular weight is 255 g/mol. The van der Waals surface area contributed by atoms with Gasteiger partial charge in [-0.1, -0.05) is 19.1 Å². The van der Waals surface area contributed by atoms with Gasteiger partial charge >= 0.3 is 0 Å². The highest BCUT2D eigenvalue weighted by atomic mass is 32.2. The van der Waals surface area contributed by atoms with E-state index in [0.717, 1.165) is 24.2 Å². The van der Waals surface area contributed by atoms with Crippen LogP contribution >= 0.6 is 0 Å². The molecule has 2 rings (SSSR count). The van der Waals surface area contributed by atoms with Crippen molar-refractivity contribution in [3.8, 4) is 0 Å². The summed E-state index contributed by atoms with van der Waals surface area (Å²) in [6.45, 7) is 3.03. The number of hydrogen-bond donors (Lipinski definition) is 0. The van der Waals surface area contributed by atoms with Gasteiger partial charge in [-0.25, -0.2) is 0 Å². The molecule has 4 nitrogen and oxygen atoms in total. The summed E-state index contributed by atoms with van der Waals surface area (Å²) in [5, 5.41) is 0. The first-order valence-corrected chi connectivity index (χ1v) is 7.00. The molecule has 1 aromatic carbocycles. The van der Waals surface area contributed by atoms with Crippen molar-refractivity contribution in [3.63, 3.8) is 0 Å². The second-order valence-corrected chi connectivity index (χ2v) is 6.26. The highest BCUT2D eigenvalue weighted by molar-refractivity contribution is 7.87. The van der Waals surface area contributed by atoms with E-state index in [0.29, 0.717) is 5.92 Å². The zero-order valence-corrected chi connectivity index (χ0v) is 11.1. The van der Waals surface area contributed by atoms with E-state index in [-0.39, 0.29) is 4.90 Å². The second kappa shape index (κ2) is 4.31. The lowest BCUT2D eigenvalue weighted by molar-refractivity contribution is 0.397. The van der Waals surface area contributed by atoms with Crippen LogP contribution < -0.4 is 4.90 Å². The van der Waals surface area contributed by atoms with Crippen LogP contribution in [0.5, 0.6) is 0 Å². The second-order valence-electron chi connectivity index (χ2n) is 4.57. The molecule has 94 valence electrons. The lowest BCUT2D eigenvalue weighted by atomic mass is 9.94. The third kappa shape index (κ3) is 2.17. The molecular formula is C12H17NO3S. The molecule has 1 aliphatic heterocycles. The molecule has 0 spiro atoms. The van der Waals surface area contributed by atoms with Crippen LogP contribution in [0.1, 0.15) is 12.5 Å². The van der Waals surface area contributed by atoms with Gasteiger partial charge in [-0.05, 0) is 24.0 Å². The Morgan fingerprint density at radius 1 is 1.41 bits per heavy atom. The Morgan fingerprint density at radius 2 is 2.12 bits per heavy atom. The lowest BCUT2D eigenvalue weighted by Crippen LogP contribution is -2.32. The van der Waals surface area contributed by atoms with Crippen molar-refractivity contribution in [2.75, 3.05) is 25.6 Å². The predicted molar refractivity (Wildman–Crippen MR) is 66.8 cm³/mol. The molecule has 1 atom stereocenters. The predicted octanol–water partition coefficient (Wildman–Crippen LogP) is 1.65. The summed E-state index contributed by atoms with van der Waals surface area (Å²) >= 11 is 0. The highest BCUT2D eigenvalue weighted by Crippen LogP contribution is 2.34. The highest BCUT2D eigenvalue weighted by Gasteiger charge is 2.27. The minimum Gasteiger partial charge on any atom is -0.373 e. The van der Waals surface area contributed by atoms with E-state index in [4.69, 9.17) is 0 Å². The summed E-state index contributed by atoms with van der Waals surface area (Å²) < 4.78 is 28.3. The lowest BCUT2D eigenvalue weighted by Gasteiger charge is -2.33. The van der Waals surface area contributed by atoms with Crippen LogP contribution in [0.3, 0.4) is 0 Å². The first kappa shape index (κ1) is 12.4. The maximum atomic E-state index is 11.9. The van der Waals surface area contributed by atoms with E-state index < -0.39 is 10.1 Å². The summed E-state index contributed by atoms with van der Waals surface area (Å²) in [5.74, 6) is 0.535. The van der Waals surface area contributed by atoms with Crippen LogP contribution in [0.15, 0.2) is 23.1 Å². The molecular weight excluding hydrogens is 238 g/mol. The van der Waals surface area contributed by atoms with Crippen molar-refractivity contribution >= 4 is 15.8 Å². The monoisotopic (exact) mass is 255 g/mol. The Balaban J connectivity index is 2.61. The molecule has 0 bridgehead atoms. The van der Waals surface area contributed by atoms with Crippen LogP contribution in [-0.2, 0) is 20.7 Å². The molecule has 1 unspecified atom stereocenters. The third-order valence-corrected chi connectivity index (χ3v) is 4.41. The first-order valence-electron chi connectivity index (χ1n) is 5.59. The molecule has 0 saturated heterocycles. The van der Waals surface area contributed by atoms with Gasteiger partial charge in [-0.3, -0.25) is 4.18 Å². The Hall–Kier alpha value is -1.07. The smallest absolute Gasteiger partial charge is 0.298 e. The van der Waals surface area contributed by atoms with Gasteiger partial charge in [0, 0.05) is 13.6 Å². The van der Waals surface area contributed by atoms with Gasteiger partial charge in [-0.2, -0.15) is 8.42 Å². The maximum Gasteiger partial charge on any atom is 0.298 e. The van der Waals surface area contributed by atoms with Gasteiger partial charge in [-0.15, -0.1) is 0 Å². The van der Waals surface area contributed by atoms with Crippen LogP contribution in [0.4, 0.5) is 5.69 Å². The minimum absolute atomic E-state index is 0.270. The molecule has 0 amide bonds. The fourth-order valence-corrected chi connectivity index (χ4v) is 3.40. The molecule has 17 heavy (non-hydrogen) atoms. The molecule has 0 radical (unpaired) electrons.